The molecule has 0 amide bonds. The number of carbonyl (C=O) groups excluding carboxylic acids is 2. The maximum absolute atomic E-state index is 15.2. The van der Waals surface area contributed by atoms with Crippen LogP contribution in [0.4, 0.5) is 18.9 Å². The summed E-state index contributed by atoms with van der Waals surface area (Å²) < 4.78 is 99.2. The van der Waals surface area contributed by atoms with E-state index in [9.17, 15) is 9.59 Å². The molecule has 0 bridgehead atoms. The Morgan fingerprint density at radius 3 is 1.58 bits per heavy atom. The molecule has 11 nitrogen and oxygen atoms in total. The molecule has 2 fully saturated rings. The molecule has 1 aliphatic carbocycles. The van der Waals surface area contributed by atoms with Gasteiger partial charge in [0, 0.05) is 13.3 Å². The van der Waals surface area contributed by atoms with Crippen molar-refractivity contribution in [3.8, 4) is 0 Å². The van der Waals surface area contributed by atoms with Crippen molar-refractivity contribution in [2.75, 3.05) is 0 Å². The lowest BCUT2D eigenvalue weighted by Gasteiger charge is -2.62. The maximum atomic E-state index is 15.2. The monoisotopic (exact) mass is 943 g/mol. The molecular weight excluding hydrogens is 892 g/mol. The topological polar surface area (TPSA) is 120 Å². The Bertz CT molecular complexity index is 2590. The number of alkyl halides is 3. The summed E-state index contributed by atoms with van der Waals surface area (Å²) in [6.07, 6.45) is -14.9. The van der Waals surface area contributed by atoms with E-state index < -0.39 is 72.0 Å². The summed E-state index contributed by atoms with van der Waals surface area (Å²) in [5, 5.41) is 0. The van der Waals surface area contributed by atoms with Gasteiger partial charge in [-0.1, -0.05) is 158 Å². The molecule has 0 radical (unpaired) electrons. The first-order valence-electron chi connectivity index (χ1n) is 22.6. The fourth-order valence-electron chi connectivity index (χ4n) is 8.78. The van der Waals surface area contributed by atoms with E-state index in [1.54, 1.807) is 67.6 Å². The second kappa shape index (κ2) is 22.2. The average Bonchev–Trinajstić information content (AvgIpc) is 3.36. The molecule has 0 N–H and O–H groups in total. The number of hydrogen-bond donors (Lipinski definition) is 0. The summed E-state index contributed by atoms with van der Waals surface area (Å²) in [7, 11) is 0. The lowest BCUT2D eigenvalue weighted by atomic mass is 9.64. The van der Waals surface area contributed by atoms with E-state index in [4.69, 9.17) is 37.9 Å². The van der Waals surface area contributed by atoms with Crippen molar-refractivity contribution < 1.29 is 60.7 Å². The number of carbonyl (C=O) groups is 2. The third-order valence-corrected chi connectivity index (χ3v) is 12.1. The molecule has 1 aliphatic heterocycles. The highest BCUT2D eigenvalue weighted by Gasteiger charge is 2.73. The standard InChI is InChI=1S/C55H52F3NO10/c1-38(60)66-48-47(62-34-39-21-9-3-10-22-39)50(69-52(55(56,57)58)59-44-31-19-8-20-32-44)68-46-33-45(67-49(61)43-29-17-7-18-30-43)53(2,64-36-41-25-13-5-14-26-41)51(63-35-40-23-11-4-12-24-40)54(46,48)65-37-42-27-15-6-16-28-42/h3-32,45-48,50-51H,33-37H2,1-2H3/t45-,46+,47+,48+,50?,51-,53+,54-/m0/s1. The van der Waals surface area contributed by atoms with Crippen LogP contribution in [0.1, 0.15) is 52.9 Å². The van der Waals surface area contributed by atoms with Gasteiger partial charge in [-0.3, -0.25) is 4.79 Å². The molecule has 8 atom stereocenters. The SMILES string of the molecule is CC(=O)O[C@@H]1[C@@H](OCc2ccccc2)C(OC(=Nc2ccccc2)C(F)(F)F)O[C@@H]2C[C@H](OC(=O)c3ccccc3)[C@@](C)(OCc3ccccc3)[C@H](OCc3ccccc3)[C@@]12OCc1ccccc1. The van der Waals surface area contributed by atoms with Crippen LogP contribution in [-0.2, 0) is 69.1 Å². The molecule has 6 aromatic carbocycles. The molecule has 0 spiro atoms. The zero-order valence-electron chi connectivity index (χ0n) is 38.0. The molecule has 1 saturated heterocycles. The Morgan fingerprint density at radius 2 is 1.07 bits per heavy atom. The number of esters is 2. The third kappa shape index (κ3) is 11.8. The van der Waals surface area contributed by atoms with E-state index in [0.29, 0.717) is 11.1 Å². The van der Waals surface area contributed by atoms with E-state index in [1.165, 1.54) is 31.2 Å². The van der Waals surface area contributed by atoms with Crippen LogP contribution in [0.15, 0.2) is 187 Å². The molecule has 1 unspecified atom stereocenters. The molecule has 1 heterocycles. The number of aliphatic imine (C=N–C) groups is 1. The van der Waals surface area contributed by atoms with Crippen LogP contribution in [-0.4, -0.2) is 72.0 Å². The molecule has 2 aliphatic rings. The summed E-state index contributed by atoms with van der Waals surface area (Å²) in [6, 6.07) is 52.5. The van der Waals surface area contributed by atoms with E-state index >= 15 is 13.2 Å². The molecule has 8 rings (SSSR count). The van der Waals surface area contributed by atoms with Crippen molar-refractivity contribution >= 4 is 23.5 Å². The van der Waals surface area contributed by atoms with Crippen molar-refractivity contribution in [2.45, 2.75) is 101 Å². The van der Waals surface area contributed by atoms with Gasteiger partial charge in [-0.25, -0.2) is 9.79 Å². The Kier molecular flexibility index (Phi) is 15.7. The molecule has 1 saturated carbocycles. The quantitative estimate of drug-likeness (QED) is 0.0496. The van der Waals surface area contributed by atoms with Gasteiger partial charge in [0.2, 0.25) is 6.29 Å². The van der Waals surface area contributed by atoms with Crippen molar-refractivity contribution in [1.29, 1.82) is 0 Å². The number of ether oxygens (including phenoxy) is 8. The molecular formula is C55H52F3NO10. The highest BCUT2D eigenvalue weighted by atomic mass is 19.4. The number of hydrogen-bond acceptors (Lipinski definition) is 11. The predicted molar refractivity (Wildman–Crippen MR) is 249 cm³/mol. The van der Waals surface area contributed by atoms with Crippen LogP contribution >= 0.6 is 0 Å². The first-order valence-corrected chi connectivity index (χ1v) is 22.6. The Labute approximate surface area is 398 Å². The van der Waals surface area contributed by atoms with Gasteiger partial charge in [0.1, 0.15) is 23.9 Å². The normalized spacial score (nSPS) is 24.7. The lowest BCUT2D eigenvalue weighted by molar-refractivity contribution is -0.396. The second-order valence-corrected chi connectivity index (χ2v) is 16.9. The van der Waals surface area contributed by atoms with Gasteiger partial charge in [-0.15, -0.1) is 0 Å². The van der Waals surface area contributed by atoms with Gasteiger partial charge in [0.25, 0.3) is 5.90 Å². The van der Waals surface area contributed by atoms with Gasteiger partial charge in [-0.05, 0) is 53.4 Å². The molecule has 358 valence electrons. The number of benzene rings is 6. The van der Waals surface area contributed by atoms with E-state index in [1.807, 2.05) is 97.1 Å². The van der Waals surface area contributed by atoms with Crippen LogP contribution in [0.3, 0.4) is 0 Å². The first kappa shape index (κ1) is 48.8. The minimum absolute atomic E-state index is 0.0228. The largest absolute Gasteiger partial charge is 0.468 e. The minimum Gasteiger partial charge on any atom is -0.456 e. The van der Waals surface area contributed by atoms with Gasteiger partial charge in [-0.2, -0.15) is 13.2 Å². The number of halogens is 3. The van der Waals surface area contributed by atoms with Gasteiger partial charge >= 0.3 is 18.1 Å². The smallest absolute Gasteiger partial charge is 0.456 e. The van der Waals surface area contributed by atoms with Gasteiger partial charge in [0.15, 0.2) is 17.8 Å². The van der Waals surface area contributed by atoms with Crippen molar-refractivity contribution in [2.24, 2.45) is 4.99 Å². The second-order valence-electron chi connectivity index (χ2n) is 16.9. The molecule has 0 aromatic heterocycles. The van der Waals surface area contributed by atoms with E-state index in [0.717, 1.165) is 11.1 Å². The van der Waals surface area contributed by atoms with Crippen molar-refractivity contribution in [1.82, 2.24) is 0 Å². The summed E-state index contributed by atoms with van der Waals surface area (Å²) in [4.78, 5) is 31.8. The van der Waals surface area contributed by atoms with Crippen molar-refractivity contribution in [3.05, 3.63) is 210 Å². The van der Waals surface area contributed by atoms with Gasteiger partial charge < -0.3 is 37.9 Å². The van der Waals surface area contributed by atoms with Crippen LogP contribution in [0, 0.1) is 0 Å². The van der Waals surface area contributed by atoms with Crippen LogP contribution < -0.4 is 0 Å². The van der Waals surface area contributed by atoms with E-state index in [-0.39, 0.29) is 44.1 Å². The highest BCUT2D eigenvalue weighted by Crippen LogP contribution is 2.53. The average molecular weight is 944 g/mol. The van der Waals surface area contributed by atoms with Gasteiger partial charge in [0.05, 0.1) is 37.7 Å². The number of fused-ring (bicyclic) bond motifs is 1. The number of rotatable bonds is 17. The predicted octanol–water partition coefficient (Wildman–Crippen LogP) is 10.7. The lowest BCUT2D eigenvalue weighted by Crippen LogP contribution is -2.81. The third-order valence-electron chi connectivity index (χ3n) is 12.1. The van der Waals surface area contributed by atoms with Crippen LogP contribution in [0.2, 0.25) is 0 Å². The molecule has 14 heteroatoms. The Morgan fingerprint density at radius 1 is 0.609 bits per heavy atom. The minimum atomic E-state index is -5.15. The zero-order valence-corrected chi connectivity index (χ0v) is 38.0. The van der Waals surface area contributed by atoms with E-state index in [2.05, 4.69) is 4.99 Å². The Hall–Kier alpha value is -6.68. The number of nitrogens with zero attached hydrogens (tertiary/aromatic N) is 1. The summed E-state index contributed by atoms with van der Waals surface area (Å²) in [5.74, 6) is -3.19. The maximum Gasteiger partial charge on any atom is 0.468 e. The summed E-state index contributed by atoms with van der Waals surface area (Å²) in [5.41, 5.74) is -0.724. The van der Waals surface area contributed by atoms with Crippen LogP contribution in [0.25, 0.3) is 0 Å². The fourth-order valence-corrected chi connectivity index (χ4v) is 8.78. The molecule has 69 heavy (non-hydrogen) atoms. The summed E-state index contributed by atoms with van der Waals surface area (Å²) in [6.45, 7) is 2.45. The van der Waals surface area contributed by atoms with Crippen molar-refractivity contribution in [3.63, 3.8) is 0 Å². The fraction of sp³-hybridized carbons (Fsp3) is 0.291. The van der Waals surface area contributed by atoms with Crippen LogP contribution in [0.5, 0.6) is 0 Å². The first-order chi connectivity index (χ1) is 33.4. The molecule has 6 aromatic rings. The summed E-state index contributed by atoms with van der Waals surface area (Å²) >= 11 is 0. The Balaban J connectivity index is 1.34. The number of para-hydroxylation sites is 1. The highest BCUT2D eigenvalue weighted by molar-refractivity contribution is 5.89. The zero-order chi connectivity index (χ0) is 48.3.